The zero-order valence-electron chi connectivity index (χ0n) is 10.8. The number of non-ortho nitro benzene ring substituents is 1. The van der Waals surface area contributed by atoms with E-state index in [9.17, 15) is 10.1 Å². The molecule has 0 radical (unpaired) electrons. The summed E-state index contributed by atoms with van der Waals surface area (Å²) < 4.78 is 0. The van der Waals surface area contributed by atoms with Gasteiger partial charge < -0.3 is 5.32 Å². The Morgan fingerprint density at radius 3 is 3.10 bits per heavy atom. The Kier molecular flexibility index (Phi) is 3.79. The van der Waals surface area contributed by atoms with Gasteiger partial charge in [0.25, 0.3) is 5.69 Å². The zero-order valence-corrected chi connectivity index (χ0v) is 11.6. The van der Waals surface area contributed by atoms with Crippen LogP contribution in [0.1, 0.15) is 12.8 Å². The summed E-state index contributed by atoms with van der Waals surface area (Å²) in [5, 5.41) is 15.0. The van der Waals surface area contributed by atoms with Crippen LogP contribution in [0.4, 0.5) is 5.69 Å². The minimum Gasteiger partial charge on any atom is -0.313 e. The third-order valence-electron chi connectivity index (χ3n) is 3.31. The fourth-order valence-corrected chi connectivity index (χ4v) is 3.20. The van der Waals surface area contributed by atoms with Crippen molar-refractivity contribution in [2.45, 2.75) is 23.9 Å². The van der Waals surface area contributed by atoms with Crippen molar-refractivity contribution in [3.05, 3.63) is 34.5 Å². The molecule has 1 N–H and O–H groups in total. The van der Waals surface area contributed by atoms with Crippen LogP contribution < -0.4 is 5.32 Å². The zero-order chi connectivity index (χ0) is 13.9. The van der Waals surface area contributed by atoms with Crippen LogP contribution in [0.5, 0.6) is 0 Å². The smallest absolute Gasteiger partial charge is 0.271 e. The quantitative estimate of drug-likeness (QED) is 0.529. The largest absolute Gasteiger partial charge is 0.313 e. The summed E-state index contributed by atoms with van der Waals surface area (Å²) in [6, 6.07) is 5.12. The standard InChI is InChI=1S/C13H14N4O2S/c18-17(19)10-3-4-11-12(6-10)15-7-13(16-11)20-8-9-2-1-5-14-9/h3-4,6-7,9,14H,1-2,5,8H2/t9-/m0/s1. The lowest BCUT2D eigenvalue weighted by molar-refractivity contribution is -0.384. The second kappa shape index (κ2) is 5.72. The van der Waals surface area contributed by atoms with Crippen LogP contribution >= 0.6 is 11.8 Å². The maximum Gasteiger partial charge on any atom is 0.271 e. The number of aromatic nitrogens is 2. The van der Waals surface area contributed by atoms with E-state index in [0.717, 1.165) is 17.3 Å². The van der Waals surface area contributed by atoms with E-state index in [2.05, 4.69) is 15.3 Å². The van der Waals surface area contributed by atoms with Crippen molar-refractivity contribution < 1.29 is 4.92 Å². The summed E-state index contributed by atoms with van der Waals surface area (Å²) in [7, 11) is 0. The van der Waals surface area contributed by atoms with E-state index in [4.69, 9.17) is 0 Å². The summed E-state index contributed by atoms with van der Waals surface area (Å²) in [6.07, 6.45) is 4.13. The Hall–Kier alpha value is -1.73. The van der Waals surface area contributed by atoms with Crippen LogP contribution in [0.25, 0.3) is 11.0 Å². The average Bonchev–Trinajstić information content (AvgIpc) is 2.97. The van der Waals surface area contributed by atoms with Gasteiger partial charge in [-0.15, -0.1) is 11.8 Å². The molecule has 6 nitrogen and oxygen atoms in total. The summed E-state index contributed by atoms with van der Waals surface area (Å²) in [4.78, 5) is 19.0. The van der Waals surface area contributed by atoms with E-state index in [1.807, 2.05) is 0 Å². The van der Waals surface area contributed by atoms with Crippen LogP contribution in [-0.4, -0.2) is 33.2 Å². The van der Waals surface area contributed by atoms with E-state index in [0.29, 0.717) is 17.1 Å². The molecule has 3 rings (SSSR count). The number of nitrogens with zero attached hydrogens (tertiary/aromatic N) is 3. The third kappa shape index (κ3) is 2.88. The minimum atomic E-state index is -0.421. The molecule has 20 heavy (non-hydrogen) atoms. The average molecular weight is 290 g/mol. The highest BCUT2D eigenvalue weighted by Gasteiger charge is 2.15. The minimum absolute atomic E-state index is 0.0439. The number of thioether (sulfide) groups is 1. The molecular weight excluding hydrogens is 276 g/mol. The van der Waals surface area contributed by atoms with Crippen molar-refractivity contribution in [1.82, 2.24) is 15.3 Å². The van der Waals surface area contributed by atoms with Gasteiger partial charge in [0.1, 0.15) is 5.03 Å². The van der Waals surface area contributed by atoms with Gasteiger partial charge in [0.2, 0.25) is 0 Å². The van der Waals surface area contributed by atoms with Gasteiger partial charge in [-0.25, -0.2) is 4.98 Å². The third-order valence-corrected chi connectivity index (χ3v) is 4.37. The molecule has 0 unspecified atom stereocenters. The van der Waals surface area contributed by atoms with Crippen LogP contribution in [0.15, 0.2) is 29.4 Å². The molecule has 1 aliphatic heterocycles. The van der Waals surface area contributed by atoms with Crippen molar-refractivity contribution in [3.8, 4) is 0 Å². The van der Waals surface area contributed by atoms with Gasteiger partial charge in [0.05, 0.1) is 22.2 Å². The van der Waals surface area contributed by atoms with Crippen molar-refractivity contribution in [2.24, 2.45) is 0 Å². The van der Waals surface area contributed by atoms with E-state index < -0.39 is 4.92 Å². The predicted octanol–water partition coefficient (Wildman–Crippen LogP) is 2.38. The van der Waals surface area contributed by atoms with E-state index in [1.54, 1.807) is 24.0 Å². The first kappa shape index (κ1) is 13.3. The summed E-state index contributed by atoms with van der Waals surface area (Å²) in [6.45, 7) is 1.10. The molecule has 7 heteroatoms. The molecule has 1 atom stereocenters. The first-order valence-corrected chi connectivity index (χ1v) is 7.48. The van der Waals surface area contributed by atoms with Gasteiger partial charge in [-0.3, -0.25) is 15.1 Å². The Balaban J connectivity index is 1.76. The highest BCUT2D eigenvalue weighted by molar-refractivity contribution is 7.99. The number of nitro groups is 1. The van der Waals surface area contributed by atoms with Crippen LogP contribution in [0.2, 0.25) is 0 Å². The SMILES string of the molecule is O=[N+]([O-])c1ccc2nc(SC[C@@H]3CCCN3)cnc2c1. The van der Waals surface area contributed by atoms with Crippen LogP contribution in [0.3, 0.4) is 0 Å². The highest BCUT2D eigenvalue weighted by Crippen LogP contribution is 2.23. The maximum absolute atomic E-state index is 10.7. The molecule has 2 heterocycles. The van der Waals surface area contributed by atoms with Gasteiger partial charge in [-0.1, -0.05) is 0 Å². The molecule has 1 aromatic carbocycles. The van der Waals surface area contributed by atoms with Gasteiger partial charge in [-0.05, 0) is 25.5 Å². The van der Waals surface area contributed by atoms with Crippen molar-refractivity contribution in [3.63, 3.8) is 0 Å². The topological polar surface area (TPSA) is 81.0 Å². The molecule has 2 aromatic rings. The van der Waals surface area contributed by atoms with E-state index in [1.165, 1.54) is 25.0 Å². The number of hydrogen-bond acceptors (Lipinski definition) is 6. The Morgan fingerprint density at radius 2 is 2.35 bits per heavy atom. The Morgan fingerprint density at radius 1 is 1.45 bits per heavy atom. The van der Waals surface area contributed by atoms with Gasteiger partial charge in [-0.2, -0.15) is 0 Å². The van der Waals surface area contributed by atoms with Crippen LogP contribution in [-0.2, 0) is 0 Å². The van der Waals surface area contributed by atoms with Crippen molar-refractivity contribution >= 4 is 28.5 Å². The molecule has 1 saturated heterocycles. The normalized spacial score (nSPS) is 18.5. The molecule has 1 aromatic heterocycles. The molecular formula is C13H14N4O2S. The summed E-state index contributed by atoms with van der Waals surface area (Å²) in [5.41, 5.74) is 1.30. The lowest BCUT2D eigenvalue weighted by atomic mass is 10.2. The summed E-state index contributed by atoms with van der Waals surface area (Å²) >= 11 is 1.67. The number of hydrogen-bond donors (Lipinski definition) is 1. The Bertz CT molecular complexity index is 643. The maximum atomic E-state index is 10.7. The lowest BCUT2D eigenvalue weighted by Crippen LogP contribution is -2.23. The molecule has 104 valence electrons. The number of benzene rings is 1. The fourth-order valence-electron chi connectivity index (χ4n) is 2.25. The highest BCUT2D eigenvalue weighted by atomic mass is 32.2. The predicted molar refractivity (Wildman–Crippen MR) is 77.9 cm³/mol. The number of nitrogens with one attached hydrogen (secondary N) is 1. The monoisotopic (exact) mass is 290 g/mol. The molecule has 1 fully saturated rings. The van der Waals surface area contributed by atoms with Crippen molar-refractivity contribution in [2.75, 3.05) is 12.3 Å². The first-order valence-electron chi connectivity index (χ1n) is 6.50. The second-order valence-electron chi connectivity index (χ2n) is 4.74. The van der Waals surface area contributed by atoms with Gasteiger partial charge in [0.15, 0.2) is 0 Å². The molecule has 0 spiro atoms. The van der Waals surface area contributed by atoms with Crippen molar-refractivity contribution in [1.29, 1.82) is 0 Å². The molecule has 0 aliphatic carbocycles. The number of nitro benzene ring substituents is 1. The van der Waals surface area contributed by atoms with E-state index >= 15 is 0 Å². The number of rotatable bonds is 4. The van der Waals surface area contributed by atoms with Gasteiger partial charge in [0, 0.05) is 23.9 Å². The summed E-state index contributed by atoms with van der Waals surface area (Å²) in [5.74, 6) is 0.979. The van der Waals surface area contributed by atoms with Crippen LogP contribution in [0, 0.1) is 10.1 Å². The Labute approximate surface area is 120 Å². The van der Waals surface area contributed by atoms with Gasteiger partial charge >= 0.3 is 0 Å². The first-order chi connectivity index (χ1) is 9.72. The molecule has 0 saturated carbocycles. The molecule has 0 bridgehead atoms. The number of fused-ring (bicyclic) bond motifs is 1. The molecule has 0 amide bonds. The fraction of sp³-hybridized carbons (Fsp3) is 0.385. The second-order valence-corrected chi connectivity index (χ2v) is 5.78. The molecule has 1 aliphatic rings. The van der Waals surface area contributed by atoms with E-state index in [-0.39, 0.29) is 5.69 Å². The lowest BCUT2D eigenvalue weighted by Gasteiger charge is -2.08.